The fourth-order valence-corrected chi connectivity index (χ4v) is 5.12. The molecule has 0 bridgehead atoms. The van der Waals surface area contributed by atoms with Crippen molar-refractivity contribution in [3.05, 3.63) is 88.9 Å². The molecule has 214 valence electrons. The molecule has 0 aliphatic carbocycles. The Kier molecular flexibility index (Phi) is 10.2. The van der Waals surface area contributed by atoms with Gasteiger partial charge in [0.05, 0.1) is 22.4 Å². The van der Waals surface area contributed by atoms with Crippen LogP contribution in [0.2, 0.25) is 5.02 Å². The van der Waals surface area contributed by atoms with Crippen LogP contribution in [0, 0.1) is 0 Å². The van der Waals surface area contributed by atoms with Crippen molar-refractivity contribution in [2.45, 2.75) is 55.6 Å². The van der Waals surface area contributed by atoms with Crippen LogP contribution in [-0.2, 0) is 25.8 Å². The molecule has 11 heteroatoms. The van der Waals surface area contributed by atoms with Gasteiger partial charge in [-0.2, -0.15) is 5.48 Å². The third-order valence-corrected chi connectivity index (χ3v) is 7.65. The average molecular weight is 589 g/mol. The van der Waals surface area contributed by atoms with Gasteiger partial charge < -0.3 is 19.6 Å². The second kappa shape index (κ2) is 13.2. The number of aliphatic hydroxyl groups excluding tert-OH is 1. The molecule has 0 spiro atoms. The van der Waals surface area contributed by atoms with Crippen LogP contribution in [0.4, 0.5) is 4.79 Å². The summed E-state index contributed by atoms with van der Waals surface area (Å²) in [5, 5.41) is 11.2. The van der Waals surface area contributed by atoms with Crippen molar-refractivity contribution in [1.29, 1.82) is 0 Å². The molecule has 3 aromatic carbocycles. The Morgan fingerprint density at radius 1 is 1.00 bits per heavy atom. The summed E-state index contributed by atoms with van der Waals surface area (Å²) < 4.78 is 31.7. The lowest BCUT2D eigenvalue weighted by Gasteiger charge is -2.29. The van der Waals surface area contributed by atoms with Crippen LogP contribution in [0.1, 0.15) is 44.9 Å². The topological polar surface area (TPSA) is 122 Å². The monoisotopic (exact) mass is 588 g/mol. The number of benzene rings is 3. The van der Waals surface area contributed by atoms with Crippen LogP contribution >= 0.6 is 11.6 Å². The molecule has 0 unspecified atom stereocenters. The smallest absolute Gasteiger partial charge is 0.410 e. The second-order valence-electron chi connectivity index (χ2n) is 10.1. The molecule has 0 saturated heterocycles. The molecule has 40 heavy (non-hydrogen) atoms. The predicted molar refractivity (Wildman–Crippen MR) is 151 cm³/mol. The van der Waals surface area contributed by atoms with Gasteiger partial charge in [0, 0.05) is 18.5 Å². The zero-order valence-corrected chi connectivity index (χ0v) is 24.3. The maximum Gasteiger partial charge on any atom is 0.410 e. The largest absolute Gasteiger partial charge is 0.444 e. The molecule has 3 aromatic rings. The Morgan fingerprint density at radius 2 is 1.60 bits per heavy atom. The molecule has 0 radical (unpaired) electrons. The fraction of sp³-hybridized carbons (Fsp3) is 0.310. The van der Waals surface area contributed by atoms with Gasteiger partial charge in [-0.15, -0.1) is 0 Å². The minimum atomic E-state index is -3.79. The summed E-state index contributed by atoms with van der Waals surface area (Å²) in [5.74, 6) is -0.0946. The molecule has 9 nitrogen and oxygen atoms in total. The predicted octanol–water partition coefficient (Wildman–Crippen LogP) is 5.12. The third kappa shape index (κ3) is 8.97. The zero-order valence-electron chi connectivity index (χ0n) is 22.8. The van der Waals surface area contributed by atoms with Gasteiger partial charge in [-0.1, -0.05) is 35.9 Å². The van der Waals surface area contributed by atoms with Gasteiger partial charge in [-0.3, -0.25) is 4.79 Å². The summed E-state index contributed by atoms with van der Waals surface area (Å²) >= 11 is 6.05. The number of sulfone groups is 1. The Balaban J connectivity index is 1.70. The number of nitrogens with one attached hydrogen (secondary N) is 1. The molecule has 0 fully saturated rings. The van der Waals surface area contributed by atoms with E-state index < -0.39 is 27.6 Å². The quantitative estimate of drug-likeness (QED) is 0.315. The van der Waals surface area contributed by atoms with E-state index in [2.05, 4.69) is 5.48 Å². The number of aliphatic hydroxyl groups is 1. The summed E-state index contributed by atoms with van der Waals surface area (Å²) in [4.78, 5) is 30.5. The lowest BCUT2D eigenvalue weighted by atomic mass is 10.1. The second-order valence-corrected chi connectivity index (χ2v) is 12.5. The van der Waals surface area contributed by atoms with E-state index >= 15 is 0 Å². The Labute approximate surface area is 239 Å². The van der Waals surface area contributed by atoms with E-state index in [0.29, 0.717) is 22.8 Å². The number of amides is 2. The molecule has 0 saturated carbocycles. The van der Waals surface area contributed by atoms with Gasteiger partial charge in [0.2, 0.25) is 15.7 Å². The lowest BCUT2D eigenvalue weighted by Crippen LogP contribution is -2.40. The minimum Gasteiger partial charge on any atom is -0.444 e. The molecule has 0 aliphatic heterocycles. The zero-order chi connectivity index (χ0) is 29.5. The Morgan fingerprint density at radius 3 is 2.15 bits per heavy atom. The van der Waals surface area contributed by atoms with E-state index in [4.69, 9.17) is 21.2 Å². The summed E-state index contributed by atoms with van der Waals surface area (Å²) in [7, 11) is -3.79. The maximum absolute atomic E-state index is 13.1. The van der Waals surface area contributed by atoms with Crippen LogP contribution in [0.25, 0.3) is 0 Å². The van der Waals surface area contributed by atoms with Gasteiger partial charge >= 0.3 is 6.09 Å². The summed E-state index contributed by atoms with van der Waals surface area (Å²) in [6.07, 6.45) is -1.15. The van der Waals surface area contributed by atoms with Gasteiger partial charge in [0.15, 0.2) is 5.75 Å². The van der Waals surface area contributed by atoms with Crippen molar-refractivity contribution in [2.24, 2.45) is 0 Å². The van der Waals surface area contributed by atoms with Crippen molar-refractivity contribution < 1.29 is 32.7 Å². The fourth-order valence-electron chi connectivity index (χ4n) is 3.66. The Hall–Kier alpha value is -3.60. The molecule has 1 atom stereocenters. The lowest BCUT2D eigenvalue weighted by molar-refractivity contribution is -0.125. The first-order chi connectivity index (χ1) is 18.7. The number of carbonyl (C=O) groups excluding carboxylic acids is 2. The van der Waals surface area contributed by atoms with Crippen molar-refractivity contribution in [3.63, 3.8) is 0 Å². The molecular formula is C29H33ClN2O7S. The number of nitrogens with zero attached hydrogens (tertiary/aromatic N) is 1. The standard InChI is InChI=1S/C29H33ClN2O7S/c1-20(33)31-39-24-10-14-26(15-11-24)40(36,37)25-12-8-21(9-13-25)16-17-32(28(35)38-29(2,3)4)19-27(34)22-6-5-7-23(30)18-22/h5-15,18,27,34H,16-17,19H2,1-4H3,(H,31,33)/t27-/m0/s1. The first-order valence-electron chi connectivity index (χ1n) is 12.5. The van der Waals surface area contributed by atoms with E-state index in [1.54, 1.807) is 57.2 Å². The summed E-state index contributed by atoms with van der Waals surface area (Å²) in [6.45, 7) is 6.80. The summed E-state index contributed by atoms with van der Waals surface area (Å²) in [5.41, 5.74) is 2.82. The number of rotatable bonds is 10. The van der Waals surface area contributed by atoms with E-state index in [1.165, 1.54) is 48.2 Å². The molecular weight excluding hydrogens is 556 g/mol. The number of hydroxylamine groups is 1. The number of ether oxygens (including phenoxy) is 1. The highest BCUT2D eigenvalue weighted by molar-refractivity contribution is 7.91. The van der Waals surface area contributed by atoms with Crippen molar-refractivity contribution in [3.8, 4) is 5.75 Å². The van der Waals surface area contributed by atoms with E-state index in [0.717, 1.165) is 5.56 Å². The van der Waals surface area contributed by atoms with Gasteiger partial charge in [-0.05, 0) is 86.8 Å². The van der Waals surface area contributed by atoms with Crippen molar-refractivity contribution >= 4 is 33.4 Å². The van der Waals surface area contributed by atoms with Gasteiger partial charge in [-0.25, -0.2) is 13.2 Å². The van der Waals surface area contributed by atoms with E-state index in [9.17, 15) is 23.1 Å². The van der Waals surface area contributed by atoms with Gasteiger partial charge in [0.25, 0.3) is 0 Å². The third-order valence-electron chi connectivity index (χ3n) is 5.63. The SMILES string of the molecule is CC(=O)NOc1ccc(S(=O)(=O)c2ccc(CCN(C[C@H](O)c3cccc(Cl)c3)C(=O)OC(C)(C)C)cc2)cc1. The van der Waals surface area contributed by atoms with Crippen molar-refractivity contribution in [2.75, 3.05) is 13.1 Å². The molecule has 2 N–H and O–H groups in total. The Bertz CT molecular complexity index is 1420. The first-order valence-corrected chi connectivity index (χ1v) is 14.4. The van der Waals surface area contributed by atoms with E-state index in [-0.39, 0.29) is 28.8 Å². The number of hydrogen-bond acceptors (Lipinski definition) is 7. The van der Waals surface area contributed by atoms with Crippen molar-refractivity contribution in [1.82, 2.24) is 10.4 Å². The summed E-state index contributed by atoms with van der Waals surface area (Å²) in [6, 6.07) is 18.8. The average Bonchev–Trinajstić information content (AvgIpc) is 2.89. The van der Waals surface area contributed by atoms with Crippen LogP contribution in [0.15, 0.2) is 82.6 Å². The molecule has 0 heterocycles. The maximum atomic E-state index is 13.1. The highest BCUT2D eigenvalue weighted by atomic mass is 35.5. The highest BCUT2D eigenvalue weighted by Gasteiger charge is 2.25. The number of carbonyl (C=O) groups is 2. The normalized spacial score (nSPS) is 12.3. The highest BCUT2D eigenvalue weighted by Crippen LogP contribution is 2.24. The first kappa shape index (κ1) is 30.9. The van der Waals surface area contributed by atoms with Gasteiger partial charge in [0.1, 0.15) is 5.60 Å². The van der Waals surface area contributed by atoms with Crippen LogP contribution in [0.5, 0.6) is 5.75 Å². The molecule has 3 rings (SSSR count). The van der Waals surface area contributed by atoms with E-state index in [1.807, 2.05) is 0 Å². The molecule has 0 aromatic heterocycles. The van der Waals surface area contributed by atoms with Crippen LogP contribution in [0.3, 0.4) is 0 Å². The number of hydrogen-bond donors (Lipinski definition) is 2. The molecule has 0 aliphatic rings. The minimum absolute atomic E-state index is 0.0106. The van der Waals surface area contributed by atoms with Crippen LogP contribution in [-0.4, -0.2) is 49.1 Å². The van der Waals surface area contributed by atoms with Crippen LogP contribution < -0.4 is 10.3 Å². The number of halogens is 1. The molecule has 2 amide bonds.